The minimum Gasteiger partial charge on any atom is -0.348 e. The maximum absolute atomic E-state index is 12.9. The van der Waals surface area contributed by atoms with Crippen molar-refractivity contribution in [2.75, 3.05) is 45.2 Å². The number of hydrogen-bond donors (Lipinski definition) is 0. The van der Waals surface area contributed by atoms with Crippen molar-refractivity contribution in [3.63, 3.8) is 0 Å². The third-order valence-corrected chi connectivity index (χ3v) is 6.77. The maximum Gasteiger partial charge on any atom is 0.236 e. The predicted octanol–water partition coefficient (Wildman–Crippen LogP) is 2.96. The zero-order valence-corrected chi connectivity index (χ0v) is 20.1. The minimum atomic E-state index is 0.119. The number of piperidine rings is 1. The Labute approximate surface area is 196 Å². The van der Waals surface area contributed by atoms with Crippen molar-refractivity contribution in [2.45, 2.75) is 51.4 Å². The first-order valence-corrected chi connectivity index (χ1v) is 12.1. The van der Waals surface area contributed by atoms with Crippen LogP contribution in [0.2, 0.25) is 0 Å². The fraction of sp³-hybridized carbons (Fsp3) is 0.538. The van der Waals surface area contributed by atoms with Gasteiger partial charge in [-0.3, -0.25) is 19.4 Å². The number of nitrogens with zero attached hydrogens (tertiary/aromatic N) is 5. The fourth-order valence-electron chi connectivity index (χ4n) is 4.84. The summed E-state index contributed by atoms with van der Waals surface area (Å²) in [6.07, 6.45) is 5.10. The van der Waals surface area contributed by atoms with Crippen LogP contribution >= 0.6 is 0 Å². The molecule has 0 bridgehead atoms. The Morgan fingerprint density at radius 3 is 2.70 bits per heavy atom. The Balaban J connectivity index is 1.50. The van der Waals surface area contributed by atoms with Crippen LogP contribution in [0, 0.1) is 6.92 Å². The van der Waals surface area contributed by atoms with Crippen LogP contribution in [-0.4, -0.2) is 71.9 Å². The molecule has 0 spiro atoms. The molecular formula is C26H35N5O2. The van der Waals surface area contributed by atoms with Gasteiger partial charge in [0, 0.05) is 50.8 Å². The Hall–Kier alpha value is -2.80. The van der Waals surface area contributed by atoms with Gasteiger partial charge >= 0.3 is 0 Å². The summed E-state index contributed by atoms with van der Waals surface area (Å²) in [5.41, 5.74) is 3.38. The molecule has 0 N–H and O–H groups in total. The van der Waals surface area contributed by atoms with E-state index in [1.807, 2.05) is 17.9 Å². The van der Waals surface area contributed by atoms with Gasteiger partial charge in [-0.15, -0.1) is 0 Å². The summed E-state index contributed by atoms with van der Waals surface area (Å²) in [6.45, 7) is 4.84. The van der Waals surface area contributed by atoms with Gasteiger partial charge in [-0.05, 0) is 51.1 Å². The van der Waals surface area contributed by atoms with Gasteiger partial charge < -0.3 is 4.90 Å². The molecular weight excluding hydrogens is 414 g/mol. The van der Waals surface area contributed by atoms with Crippen molar-refractivity contribution in [3.05, 3.63) is 53.0 Å². The lowest BCUT2D eigenvalue weighted by molar-refractivity contribution is -0.130. The highest BCUT2D eigenvalue weighted by Gasteiger charge is 2.31. The largest absolute Gasteiger partial charge is 0.348 e. The monoisotopic (exact) mass is 449 g/mol. The first-order chi connectivity index (χ1) is 15.9. The SMILES string of the molecule is Cc1nc([C@H]2CCCN(CC(=O)N(C)C)C2)nc2c1CCC(=O)N2CCCc1ccccc1. The van der Waals surface area contributed by atoms with Crippen molar-refractivity contribution in [3.8, 4) is 0 Å². The van der Waals surface area contributed by atoms with Crippen LogP contribution in [0.3, 0.4) is 0 Å². The molecule has 2 amide bonds. The molecule has 2 aliphatic rings. The Morgan fingerprint density at radius 2 is 1.94 bits per heavy atom. The predicted molar refractivity (Wildman–Crippen MR) is 129 cm³/mol. The van der Waals surface area contributed by atoms with E-state index in [1.54, 1.807) is 19.0 Å². The van der Waals surface area contributed by atoms with Crippen LogP contribution < -0.4 is 4.90 Å². The molecule has 33 heavy (non-hydrogen) atoms. The highest BCUT2D eigenvalue weighted by Crippen LogP contribution is 2.32. The number of likely N-dealkylation sites (N-methyl/N-ethyl adjacent to an activating group) is 1. The van der Waals surface area contributed by atoms with Crippen molar-refractivity contribution in [1.82, 2.24) is 19.8 Å². The molecule has 1 aromatic carbocycles. The first-order valence-electron chi connectivity index (χ1n) is 12.1. The second-order valence-corrected chi connectivity index (χ2v) is 9.47. The molecule has 2 aliphatic heterocycles. The average Bonchev–Trinajstić information content (AvgIpc) is 2.81. The number of aryl methyl sites for hydroxylation is 2. The number of fused-ring (bicyclic) bond motifs is 1. The average molecular weight is 450 g/mol. The minimum absolute atomic E-state index is 0.119. The summed E-state index contributed by atoms with van der Waals surface area (Å²) in [7, 11) is 3.59. The van der Waals surface area contributed by atoms with Crippen molar-refractivity contribution in [1.29, 1.82) is 0 Å². The standard InChI is InChI=1S/C26H35N5O2/c1-19-22-13-14-23(32)31(16-7-11-20-9-5-4-6-10-20)26(22)28-25(27-19)21-12-8-15-30(17-21)18-24(33)29(2)3/h4-6,9-10,21H,7-8,11-18H2,1-3H3/t21-/m0/s1. The third kappa shape index (κ3) is 5.58. The quantitative estimate of drug-likeness (QED) is 0.650. The third-order valence-electron chi connectivity index (χ3n) is 6.77. The molecule has 1 atom stereocenters. The van der Waals surface area contributed by atoms with E-state index in [4.69, 9.17) is 9.97 Å². The van der Waals surface area contributed by atoms with E-state index >= 15 is 0 Å². The van der Waals surface area contributed by atoms with E-state index in [0.717, 1.165) is 61.7 Å². The summed E-state index contributed by atoms with van der Waals surface area (Å²) in [5, 5.41) is 0. The van der Waals surface area contributed by atoms with E-state index < -0.39 is 0 Å². The normalized spacial score (nSPS) is 18.8. The number of benzene rings is 1. The molecule has 1 aromatic heterocycles. The summed E-state index contributed by atoms with van der Waals surface area (Å²) >= 11 is 0. The van der Waals surface area contributed by atoms with Gasteiger partial charge in [0.05, 0.1) is 6.54 Å². The second kappa shape index (κ2) is 10.4. The highest BCUT2D eigenvalue weighted by atomic mass is 16.2. The second-order valence-electron chi connectivity index (χ2n) is 9.47. The molecule has 0 saturated carbocycles. The number of anilines is 1. The van der Waals surface area contributed by atoms with Crippen LogP contribution in [-0.2, 0) is 22.4 Å². The number of carbonyl (C=O) groups excluding carboxylic acids is 2. The summed E-state index contributed by atoms with van der Waals surface area (Å²) in [4.78, 5) is 40.6. The smallest absolute Gasteiger partial charge is 0.236 e. The Bertz CT molecular complexity index is 992. The zero-order valence-electron chi connectivity index (χ0n) is 20.1. The molecule has 3 heterocycles. The molecule has 1 saturated heterocycles. The van der Waals surface area contributed by atoms with Gasteiger partial charge in [-0.2, -0.15) is 0 Å². The maximum atomic E-state index is 12.9. The lowest BCUT2D eigenvalue weighted by atomic mass is 9.96. The summed E-state index contributed by atoms with van der Waals surface area (Å²) in [6, 6.07) is 10.4. The topological polar surface area (TPSA) is 69.6 Å². The number of carbonyl (C=O) groups is 2. The number of aromatic nitrogens is 2. The van der Waals surface area contributed by atoms with E-state index in [0.29, 0.717) is 25.9 Å². The number of hydrogen-bond acceptors (Lipinski definition) is 5. The molecule has 2 aromatic rings. The summed E-state index contributed by atoms with van der Waals surface area (Å²) in [5.74, 6) is 2.08. The van der Waals surface area contributed by atoms with E-state index in [1.165, 1.54) is 5.56 Å². The van der Waals surface area contributed by atoms with E-state index in [-0.39, 0.29) is 17.7 Å². The lowest BCUT2D eigenvalue weighted by Gasteiger charge is -2.34. The Morgan fingerprint density at radius 1 is 1.15 bits per heavy atom. The van der Waals surface area contributed by atoms with Crippen LogP contribution in [0.5, 0.6) is 0 Å². The van der Waals surface area contributed by atoms with Crippen LogP contribution in [0.15, 0.2) is 30.3 Å². The Kier molecular flexibility index (Phi) is 7.38. The molecule has 7 heteroatoms. The van der Waals surface area contributed by atoms with Crippen LogP contribution in [0.1, 0.15) is 54.2 Å². The van der Waals surface area contributed by atoms with Gasteiger partial charge in [0.25, 0.3) is 0 Å². The molecule has 176 valence electrons. The molecule has 7 nitrogen and oxygen atoms in total. The van der Waals surface area contributed by atoms with Gasteiger partial charge in [-0.25, -0.2) is 9.97 Å². The first kappa shape index (κ1) is 23.4. The van der Waals surface area contributed by atoms with Crippen molar-refractivity contribution in [2.24, 2.45) is 0 Å². The number of rotatable bonds is 7. The number of amides is 2. The molecule has 4 rings (SSSR count). The van der Waals surface area contributed by atoms with Gasteiger partial charge in [0.15, 0.2) is 0 Å². The lowest BCUT2D eigenvalue weighted by Crippen LogP contribution is -2.42. The molecule has 0 radical (unpaired) electrons. The zero-order chi connectivity index (χ0) is 23.4. The van der Waals surface area contributed by atoms with Crippen molar-refractivity contribution < 1.29 is 9.59 Å². The van der Waals surface area contributed by atoms with E-state index in [2.05, 4.69) is 29.2 Å². The summed E-state index contributed by atoms with van der Waals surface area (Å²) < 4.78 is 0. The van der Waals surface area contributed by atoms with Crippen LogP contribution in [0.25, 0.3) is 0 Å². The van der Waals surface area contributed by atoms with Gasteiger partial charge in [0.1, 0.15) is 11.6 Å². The molecule has 1 fully saturated rings. The number of likely N-dealkylation sites (tertiary alicyclic amines) is 1. The molecule has 0 aliphatic carbocycles. The van der Waals surface area contributed by atoms with E-state index in [9.17, 15) is 9.59 Å². The molecule has 0 unspecified atom stereocenters. The van der Waals surface area contributed by atoms with Crippen LogP contribution in [0.4, 0.5) is 5.82 Å². The van der Waals surface area contributed by atoms with Gasteiger partial charge in [-0.1, -0.05) is 30.3 Å². The highest BCUT2D eigenvalue weighted by molar-refractivity contribution is 5.95. The fourth-order valence-corrected chi connectivity index (χ4v) is 4.84. The van der Waals surface area contributed by atoms with Crippen molar-refractivity contribution >= 4 is 17.6 Å². The van der Waals surface area contributed by atoms with Gasteiger partial charge in [0.2, 0.25) is 11.8 Å².